The SMILES string of the molecule is CSCCC[N+](C)(C)Cc1ccccc1. The third-order valence-electron chi connectivity index (χ3n) is 2.57. The average molecular weight is 224 g/mol. The van der Waals surface area contributed by atoms with Crippen LogP contribution in [0.2, 0.25) is 0 Å². The second-order valence-corrected chi connectivity index (χ2v) is 5.64. The van der Waals surface area contributed by atoms with Crippen molar-refractivity contribution in [2.75, 3.05) is 32.6 Å². The molecule has 0 aliphatic carbocycles. The molecule has 1 nitrogen and oxygen atoms in total. The molecule has 0 N–H and O–H groups in total. The van der Waals surface area contributed by atoms with Crippen molar-refractivity contribution in [3.63, 3.8) is 0 Å². The van der Waals surface area contributed by atoms with E-state index in [1.807, 2.05) is 11.8 Å². The van der Waals surface area contributed by atoms with Crippen LogP contribution < -0.4 is 0 Å². The molecule has 0 bridgehead atoms. The number of hydrogen-bond donors (Lipinski definition) is 0. The van der Waals surface area contributed by atoms with Gasteiger partial charge in [-0.1, -0.05) is 30.3 Å². The first-order valence-corrected chi connectivity index (χ1v) is 6.88. The maximum absolute atomic E-state index is 2.31. The van der Waals surface area contributed by atoms with E-state index in [2.05, 4.69) is 50.7 Å². The predicted molar refractivity (Wildman–Crippen MR) is 70.1 cm³/mol. The summed E-state index contributed by atoms with van der Waals surface area (Å²) < 4.78 is 1.09. The zero-order valence-corrected chi connectivity index (χ0v) is 10.9. The molecule has 0 atom stereocenters. The lowest BCUT2D eigenvalue weighted by molar-refractivity contribution is -0.903. The first-order valence-electron chi connectivity index (χ1n) is 5.49. The smallest absolute Gasteiger partial charge is 0.104 e. The molecule has 1 aromatic rings. The number of quaternary nitrogens is 1. The van der Waals surface area contributed by atoms with Gasteiger partial charge in [0.1, 0.15) is 6.54 Å². The second-order valence-electron chi connectivity index (χ2n) is 4.65. The zero-order chi connectivity index (χ0) is 11.1. The third-order valence-corrected chi connectivity index (χ3v) is 3.26. The van der Waals surface area contributed by atoms with Crippen molar-refractivity contribution >= 4 is 11.8 Å². The fraction of sp³-hybridized carbons (Fsp3) is 0.538. The first kappa shape index (κ1) is 12.6. The summed E-state index contributed by atoms with van der Waals surface area (Å²) in [6, 6.07) is 10.8. The van der Waals surface area contributed by atoms with Gasteiger partial charge in [-0.05, 0) is 12.0 Å². The lowest BCUT2D eigenvalue weighted by Gasteiger charge is -2.29. The predicted octanol–water partition coefficient (Wildman–Crippen LogP) is 3.02. The minimum atomic E-state index is 1.09. The van der Waals surface area contributed by atoms with Crippen molar-refractivity contribution in [2.24, 2.45) is 0 Å². The minimum Gasteiger partial charge on any atom is -0.325 e. The van der Waals surface area contributed by atoms with E-state index in [1.165, 1.54) is 24.3 Å². The summed E-state index contributed by atoms with van der Waals surface area (Å²) in [4.78, 5) is 0. The fourth-order valence-electron chi connectivity index (χ4n) is 1.79. The van der Waals surface area contributed by atoms with Crippen LogP contribution in [0.25, 0.3) is 0 Å². The van der Waals surface area contributed by atoms with Crippen molar-refractivity contribution in [2.45, 2.75) is 13.0 Å². The maximum Gasteiger partial charge on any atom is 0.104 e. The summed E-state index contributed by atoms with van der Waals surface area (Å²) in [6.45, 7) is 2.39. The van der Waals surface area contributed by atoms with E-state index in [1.54, 1.807) is 0 Å². The van der Waals surface area contributed by atoms with Crippen molar-refractivity contribution in [1.82, 2.24) is 0 Å². The van der Waals surface area contributed by atoms with Crippen LogP contribution >= 0.6 is 11.8 Å². The summed E-state index contributed by atoms with van der Waals surface area (Å²) in [5.41, 5.74) is 1.44. The molecule has 0 saturated carbocycles. The van der Waals surface area contributed by atoms with Gasteiger partial charge in [-0.3, -0.25) is 0 Å². The van der Waals surface area contributed by atoms with Crippen molar-refractivity contribution in [1.29, 1.82) is 0 Å². The van der Waals surface area contributed by atoms with Crippen LogP contribution in [0.1, 0.15) is 12.0 Å². The molecule has 0 aliphatic heterocycles. The van der Waals surface area contributed by atoms with E-state index in [0.717, 1.165) is 11.0 Å². The first-order chi connectivity index (χ1) is 7.14. The largest absolute Gasteiger partial charge is 0.325 e. The summed E-state index contributed by atoms with van der Waals surface area (Å²) in [6.07, 6.45) is 3.48. The van der Waals surface area contributed by atoms with Gasteiger partial charge in [-0.2, -0.15) is 11.8 Å². The van der Waals surface area contributed by atoms with Crippen LogP contribution in [0.4, 0.5) is 0 Å². The van der Waals surface area contributed by atoms with Gasteiger partial charge in [0, 0.05) is 12.0 Å². The molecule has 0 radical (unpaired) electrons. The molecular weight excluding hydrogens is 202 g/mol. The Morgan fingerprint density at radius 1 is 1.13 bits per heavy atom. The van der Waals surface area contributed by atoms with E-state index in [9.17, 15) is 0 Å². The number of benzene rings is 1. The van der Waals surface area contributed by atoms with Gasteiger partial charge in [-0.25, -0.2) is 0 Å². The number of hydrogen-bond acceptors (Lipinski definition) is 1. The Morgan fingerprint density at radius 3 is 2.40 bits per heavy atom. The summed E-state index contributed by atoms with van der Waals surface area (Å²) in [5, 5.41) is 0. The van der Waals surface area contributed by atoms with Gasteiger partial charge in [0.2, 0.25) is 0 Å². The number of rotatable bonds is 6. The Balaban J connectivity index is 2.42. The third kappa shape index (κ3) is 5.24. The molecule has 0 saturated heterocycles. The van der Waals surface area contributed by atoms with Gasteiger partial charge >= 0.3 is 0 Å². The Kier molecular flexibility index (Phi) is 5.20. The van der Waals surface area contributed by atoms with E-state index in [4.69, 9.17) is 0 Å². The van der Waals surface area contributed by atoms with Gasteiger partial charge in [0.05, 0.1) is 20.6 Å². The molecule has 0 aliphatic rings. The molecule has 1 aromatic carbocycles. The van der Waals surface area contributed by atoms with Crippen molar-refractivity contribution in [3.05, 3.63) is 35.9 Å². The van der Waals surface area contributed by atoms with E-state index >= 15 is 0 Å². The fourth-order valence-corrected chi connectivity index (χ4v) is 2.21. The lowest BCUT2D eigenvalue weighted by Crippen LogP contribution is -2.39. The Hall–Kier alpha value is -0.470. The highest BCUT2D eigenvalue weighted by Gasteiger charge is 2.14. The Bertz CT molecular complexity index is 269. The van der Waals surface area contributed by atoms with Gasteiger partial charge in [-0.15, -0.1) is 0 Å². The number of nitrogens with zero attached hydrogens (tertiary/aromatic N) is 1. The lowest BCUT2D eigenvalue weighted by atomic mass is 10.2. The van der Waals surface area contributed by atoms with Gasteiger partial charge < -0.3 is 4.48 Å². The maximum atomic E-state index is 2.31. The minimum absolute atomic E-state index is 1.09. The van der Waals surface area contributed by atoms with Crippen molar-refractivity contribution in [3.8, 4) is 0 Å². The van der Waals surface area contributed by atoms with E-state index in [0.29, 0.717) is 0 Å². The highest BCUT2D eigenvalue weighted by atomic mass is 32.2. The summed E-state index contributed by atoms with van der Waals surface area (Å²) in [5.74, 6) is 1.27. The van der Waals surface area contributed by atoms with Crippen LogP contribution in [-0.4, -0.2) is 37.1 Å². The normalized spacial score (nSPS) is 11.7. The molecule has 0 spiro atoms. The molecule has 0 heterocycles. The van der Waals surface area contributed by atoms with E-state index < -0.39 is 0 Å². The van der Waals surface area contributed by atoms with Crippen LogP contribution in [0.5, 0.6) is 0 Å². The molecule has 0 unspecified atom stereocenters. The molecule has 1 rings (SSSR count). The highest BCUT2D eigenvalue weighted by Crippen LogP contribution is 2.10. The molecular formula is C13H22NS+. The highest BCUT2D eigenvalue weighted by molar-refractivity contribution is 7.98. The van der Waals surface area contributed by atoms with Crippen LogP contribution in [0.15, 0.2) is 30.3 Å². The number of thioether (sulfide) groups is 1. The van der Waals surface area contributed by atoms with Crippen LogP contribution in [-0.2, 0) is 6.54 Å². The summed E-state index contributed by atoms with van der Waals surface area (Å²) >= 11 is 1.94. The summed E-state index contributed by atoms with van der Waals surface area (Å²) in [7, 11) is 4.63. The molecule has 0 fully saturated rings. The van der Waals surface area contributed by atoms with Gasteiger partial charge in [0.25, 0.3) is 0 Å². The molecule has 15 heavy (non-hydrogen) atoms. The van der Waals surface area contributed by atoms with Crippen LogP contribution in [0, 0.1) is 0 Å². The average Bonchev–Trinajstić information content (AvgIpc) is 2.18. The van der Waals surface area contributed by atoms with E-state index in [-0.39, 0.29) is 0 Å². The quantitative estimate of drug-likeness (QED) is 0.529. The topological polar surface area (TPSA) is 0 Å². The van der Waals surface area contributed by atoms with Crippen molar-refractivity contribution < 1.29 is 4.48 Å². The molecule has 0 aromatic heterocycles. The van der Waals surface area contributed by atoms with Gasteiger partial charge in [0.15, 0.2) is 0 Å². The standard InChI is InChI=1S/C13H22NS/c1-14(2,10-7-11-15-3)12-13-8-5-4-6-9-13/h4-6,8-9H,7,10-12H2,1-3H3/q+1. The Morgan fingerprint density at radius 2 is 1.80 bits per heavy atom. The Labute approximate surface area is 98.1 Å². The molecule has 84 valence electrons. The van der Waals surface area contributed by atoms with Crippen LogP contribution in [0.3, 0.4) is 0 Å². The molecule has 2 heteroatoms. The zero-order valence-electron chi connectivity index (χ0n) is 10.1. The second kappa shape index (κ2) is 6.19. The molecule has 0 amide bonds. The monoisotopic (exact) mass is 224 g/mol.